The number of hydrogen-bond donors (Lipinski definition) is 0. The van der Waals surface area contributed by atoms with Crippen LogP contribution in [0.3, 0.4) is 0 Å². The summed E-state index contributed by atoms with van der Waals surface area (Å²) in [6.07, 6.45) is 8.49. The molecule has 0 N–H and O–H groups in total. The van der Waals surface area contributed by atoms with Crippen molar-refractivity contribution in [3.63, 3.8) is 0 Å². The maximum absolute atomic E-state index is 4.07. The van der Waals surface area contributed by atoms with Crippen molar-refractivity contribution in [1.29, 1.82) is 0 Å². The summed E-state index contributed by atoms with van der Waals surface area (Å²) in [7, 11) is 0. The summed E-state index contributed by atoms with van der Waals surface area (Å²) in [5, 5.41) is 16.3. The number of hydrogen-bond acceptors (Lipinski definition) is 4. The molecule has 18 heavy (non-hydrogen) atoms. The molecular formula is C14H14N4. The molecule has 0 aliphatic carbocycles. The minimum Gasteiger partial charge on any atom is -0.131 e. The van der Waals surface area contributed by atoms with Crippen LogP contribution in [0.1, 0.15) is 12.7 Å². The van der Waals surface area contributed by atoms with Crippen LogP contribution < -0.4 is 0 Å². The smallest absolute Gasteiger partial charge is 0.131 e. The summed E-state index contributed by atoms with van der Waals surface area (Å²) in [5.41, 5.74) is 0.925. The molecule has 0 unspecified atom stereocenters. The Bertz CT molecular complexity index is 529. The molecule has 0 saturated heterocycles. The number of nitrogens with zero attached hydrogens (tertiary/aromatic N) is 4. The molecule has 4 nitrogen and oxygen atoms in total. The van der Waals surface area contributed by atoms with Crippen LogP contribution in [0.2, 0.25) is 0 Å². The van der Waals surface area contributed by atoms with E-state index in [-0.39, 0.29) is 0 Å². The Morgan fingerprint density at radius 3 is 2.33 bits per heavy atom. The third-order valence-electron chi connectivity index (χ3n) is 2.29. The first kappa shape index (κ1) is 12.1. The quantitative estimate of drug-likeness (QED) is 0.768. The zero-order valence-electron chi connectivity index (χ0n) is 10.2. The highest BCUT2D eigenvalue weighted by Gasteiger charge is 2.02. The van der Waals surface area contributed by atoms with E-state index in [4.69, 9.17) is 0 Å². The van der Waals surface area contributed by atoms with Gasteiger partial charge in [0.1, 0.15) is 0 Å². The van der Waals surface area contributed by atoms with E-state index in [1.54, 1.807) is 0 Å². The standard InChI is InChI=1S/C14H14N4/c1-2-3-4-8-11-13-15-17-14(18-16-13)12-9-6-5-7-10-12/h2-10H,11H2,1H3/b3-2-,8-4-. The Labute approximate surface area is 106 Å². The summed E-state index contributed by atoms with van der Waals surface area (Å²) in [6, 6.07) is 9.69. The van der Waals surface area contributed by atoms with E-state index in [1.807, 2.05) is 61.6 Å². The first-order chi connectivity index (χ1) is 8.90. The average Bonchev–Trinajstić information content (AvgIpc) is 2.45. The van der Waals surface area contributed by atoms with Crippen molar-refractivity contribution in [1.82, 2.24) is 20.4 Å². The Kier molecular flexibility index (Phi) is 4.30. The lowest BCUT2D eigenvalue weighted by Crippen LogP contribution is -2.01. The van der Waals surface area contributed by atoms with E-state index in [0.29, 0.717) is 18.1 Å². The zero-order valence-corrected chi connectivity index (χ0v) is 10.2. The molecule has 0 radical (unpaired) electrons. The summed E-state index contributed by atoms with van der Waals surface area (Å²) < 4.78 is 0. The van der Waals surface area contributed by atoms with Gasteiger partial charge in [0.25, 0.3) is 0 Å². The van der Waals surface area contributed by atoms with Crippen molar-refractivity contribution in [3.8, 4) is 11.4 Å². The van der Waals surface area contributed by atoms with E-state index in [2.05, 4.69) is 20.4 Å². The minimum atomic E-state index is 0.553. The van der Waals surface area contributed by atoms with E-state index in [9.17, 15) is 0 Å². The van der Waals surface area contributed by atoms with Gasteiger partial charge >= 0.3 is 0 Å². The number of rotatable bonds is 4. The summed E-state index contributed by atoms with van der Waals surface area (Å²) >= 11 is 0. The molecule has 0 fully saturated rings. The molecule has 90 valence electrons. The van der Waals surface area contributed by atoms with Crippen LogP contribution in [0.25, 0.3) is 11.4 Å². The topological polar surface area (TPSA) is 51.6 Å². The molecule has 0 aliphatic rings. The van der Waals surface area contributed by atoms with Gasteiger partial charge in [-0.05, 0) is 6.92 Å². The van der Waals surface area contributed by atoms with Crippen LogP contribution in [-0.2, 0) is 6.42 Å². The van der Waals surface area contributed by atoms with Gasteiger partial charge in [0, 0.05) is 12.0 Å². The lowest BCUT2D eigenvalue weighted by Gasteiger charge is -1.97. The molecule has 0 atom stereocenters. The maximum Gasteiger partial charge on any atom is 0.203 e. The Balaban J connectivity index is 2.06. The van der Waals surface area contributed by atoms with E-state index >= 15 is 0 Å². The molecule has 2 rings (SSSR count). The summed E-state index contributed by atoms with van der Waals surface area (Å²) in [5.74, 6) is 1.17. The molecule has 1 heterocycles. The molecule has 1 aromatic heterocycles. The van der Waals surface area contributed by atoms with Gasteiger partial charge in [0.05, 0.1) is 0 Å². The Morgan fingerprint density at radius 1 is 0.944 bits per heavy atom. The highest BCUT2D eigenvalue weighted by atomic mass is 15.3. The van der Waals surface area contributed by atoms with Crippen molar-refractivity contribution in [2.75, 3.05) is 0 Å². The van der Waals surface area contributed by atoms with Gasteiger partial charge in [-0.3, -0.25) is 0 Å². The fourth-order valence-corrected chi connectivity index (χ4v) is 1.40. The van der Waals surface area contributed by atoms with Gasteiger partial charge in [0.2, 0.25) is 5.82 Å². The number of benzene rings is 1. The third-order valence-corrected chi connectivity index (χ3v) is 2.29. The van der Waals surface area contributed by atoms with E-state index in [0.717, 1.165) is 5.56 Å². The molecular weight excluding hydrogens is 224 g/mol. The lowest BCUT2D eigenvalue weighted by atomic mass is 10.2. The van der Waals surface area contributed by atoms with Crippen LogP contribution >= 0.6 is 0 Å². The van der Waals surface area contributed by atoms with Crippen molar-refractivity contribution in [2.45, 2.75) is 13.3 Å². The highest BCUT2D eigenvalue weighted by Crippen LogP contribution is 2.10. The van der Waals surface area contributed by atoms with Crippen molar-refractivity contribution >= 4 is 0 Å². The fourth-order valence-electron chi connectivity index (χ4n) is 1.40. The van der Waals surface area contributed by atoms with Crippen LogP contribution in [0, 0.1) is 0 Å². The van der Waals surface area contributed by atoms with Crippen molar-refractivity contribution in [3.05, 3.63) is 60.5 Å². The van der Waals surface area contributed by atoms with Gasteiger partial charge in [-0.2, -0.15) is 0 Å². The van der Waals surface area contributed by atoms with Crippen molar-refractivity contribution in [2.24, 2.45) is 0 Å². The molecule has 1 aromatic carbocycles. The second-order valence-electron chi connectivity index (χ2n) is 3.66. The summed E-state index contributed by atoms with van der Waals surface area (Å²) in [4.78, 5) is 0. The molecule has 0 bridgehead atoms. The van der Waals surface area contributed by atoms with Gasteiger partial charge in [0.15, 0.2) is 5.82 Å². The van der Waals surface area contributed by atoms with Crippen molar-refractivity contribution < 1.29 is 0 Å². The maximum atomic E-state index is 4.07. The van der Waals surface area contributed by atoms with Gasteiger partial charge in [-0.1, -0.05) is 54.6 Å². The highest BCUT2D eigenvalue weighted by molar-refractivity contribution is 5.52. The van der Waals surface area contributed by atoms with Crippen LogP contribution in [0.5, 0.6) is 0 Å². The molecule has 4 heteroatoms. The molecule has 0 spiro atoms. The minimum absolute atomic E-state index is 0.553. The predicted molar refractivity (Wildman–Crippen MR) is 70.7 cm³/mol. The largest absolute Gasteiger partial charge is 0.203 e. The lowest BCUT2D eigenvalue weighted by molar-refractivity contribution is 0.793. The zero-order chi connectivity index (χ0) is 12.6. The first-order valence-electron chi connectivity index (χ1n) is 5.79. The molecule has 2 aromatic rings. The SMILES string of the molecule is C/C=C\C=C/Cc1nnc(-c2ccccc2)nn1. The average molecular weight is 238 g/mol. The van der Waals surface area contributed by atoms with Gasteiger partial charge in [-0.25, -0.2) is 0 Å². The number of allylic oxidation sites excluding steroid dienone is 4. The Morgan fingerprint density at radius 2 is 1.67 bits per heavy atom. The second kappa shape index (κ2) is 6.39. The van der Waals surface area contributed by atoms with E-state index < -0.39 is 0 Å². The van der Waals surface area contributed by atoms with Gasteiger partial charge < -0.3 is 0 Å². The summed E-state index contributed by atoms with van der Waals surface area (Å²) in [6.45, 7) is 1.97. The monoisotopic (exact) mass is 238 g/mol. The van der Waals surface area contributed by atoms with Crippen LogP contribution in [0.4, 0.5) is 0 Å². The second-order valence-corrected chi connectivity index (χ2v) is 3.66. The predicted octanol–water partition coefficient (Wildman–Crippen LogP) is 2.61. The Hall–Kier alpha value is -2.36. The third kappa shape index (κ3) is 3.31. The van der Waals surface area contributed by atoms with E-state index in [1.165, 1.54) is 0 Å². The first-order valence-corrected chi connectivity index (χ1v) is 5.79. The fraction of sp³-hybridized carbons (Fsp3) is 0.143. The van der Waals surface area contributed by atoms with Crippen LogP contribution in [-0.4, -0.2) is 20.4 Å². The van der Waals surface area contributed by atoms with Crippen LogP contribution in [0.15, 0.2) is 54.6 Å². The normalized spacial score (nSPS) is 11.4. The molecule has 0 saturated carbocycles. The number of aromatic nitrogens is 4. The van der Waals surface area contributed by atoms with Gasteiger partial charge in [-0.15, -0.1) is 20.4 Å². The molecule has 0 amide bonds. The molecule has 0 aliphatic heterocycles.